The molecule has 124 valence electrons. The van der Waals surface area contributed by atoms with Crippen LogP contribution in [-0.2, 0) is 0 Å². The maximum Gasteiger partial charge on any atom is 0.325 e. The van der Waals surface area contributed by atoms with Crippen molar-refractivity contribution >= 4 is 22.9 Å². The Labute approximate surface area is 138 Å². The van der Waals surface area contributed by atoms with Crippen molar-refractivity contribution in [3.05, 3.63) is 46.5 Å². The molecule has 0 fully saturated rings. The number of pyridine rings is 1. The molecule has 0 radical (unpaired) electrons. The number of nitrogens with one attached hydrogen (secondary N) is 4. The Bertz CT molecular complexity index is 924. The van der Waals surface area contributed by atoms with Crippen LogP contribution in [-0.4, -0.2) is 27.5 Å². The molecule has 0 aliphatic heterocycles. The van der Waals surface area contributed by atoms with E-state index in [0.29, 0.717) is 23.4 Å². The van der Waals surface area contributed by atoms with Crippen molar-refractivity contribution in [2.75, 3.05) is 11.9 Å². The van der Waals surface area contributed by atoms with Gasteiger partial charge in [0, 0.05) is 23.5 Å². The van der Waals surface area contributed by atoms with Crippen molar-refractivity contribution in [3.63, 3.8) is 0 Å². The molecule has 2 heterocycles. The van der Waals surface area contributed by atoms with Gasteiger partial charge in [-0.15, -0.1) is 0 Å². The molecule has 3 rings (SSSR count). The molecule has 2 amide bonds. The minimum Gasteiger partial charge on any atom is -0.338 e. The predicted octanol–water partition coefficient (Wildman–Crippen LogP) is 2.76. The highest BCUT2D eigenvalue weighted by atomic mass is 16.2. The van der Waals surface area contributed by atoms with Crippen LogP contribution in [0.3, 0.4) is 0 Å². The molecule has 0 bridgehead atoms. The first-order valence-corrected chi connectivity index (χ1v) is 7.81. The van der Waals surface area contributed by atoms with Crippen LogP contribution in [0, 0.1) is 6.92 Å². The number of fused-ring (bicyclic) bond motifs is 1. The SMILES string of the molecule is CCCNC(=O)Nc1ccc(-c2cc3[nH]c(=O)[nH]c3nc2C)cc1. The number of carbonyl (C=O) groups excluding carboxylic acids is 1. The molecule has 7 nitrogen and oxygen atoms in total. The van der Waals surface area contributed by atoms with E-state index < -0.39 is 0 Å². The van der Waals surface area contributed by atoms with Gasteiger partial charge in [0.15, 0.2) is 5.65 Å². The normalized spacial score (nSPS) is 10.8. The summed E-state index contributed by atoms with van der Waals surface area (Å²) in [7, 11) is 0. The van der Waals surface area contributed by atoms with Gasteiger partial charge in [-0.2, -0.15) is 0 Å². The monoisotopic (exact) mass is 325 g/mol. The van der Waals surface area contributed by atoms with Gasteiger partial charge in [-0.05, 0) is 37.1 Å². The molecule has 0 aliphatic rings. The Morgan fingerprint density at radius 2 is 1.96 bits per heavy atom. The number of aromatic amines is 2. The number of nitrogens with zero attached hydrogens (tertiary/aromatic N) is 1. The highest BCUT2D eigenvalue weighted by Gasteiger charge is 2.08. The Morgan fingerprint density at radius 3 is 2.67 bits per heavy atom. The van der Waals surface area contributed by atoms with Crippen molar-refractivity contribution in [2.24, 2.45) is 0 Å². The third-order valence-electron chi connectivity index (χ3n) is 3.68. The summed E-state index contributed by atoms with van der Waals surface area (Å²) in [4.78, 5) is 32.8. The summed E-state index contributed by atoms with van der Waals surface area (Å²) in [6.07, 6.45) is 0.891. The molecular formula is C17H19N5O2. The van der Waals surface area contributed by atoms with E-state index in [1.807, 2.05) is 44.2 Å². The molecule has 0 saturated heterocycles. The first-order chi connectivity index (χ1) is 11.6. The van der Waals surface area contributed by atoms with Gasteiger partial charge in [-0.3, -0.25) is 4.98 Å². The number of imidazole rings is 1. The fourth-order valence-electron chi connectivity index (χ4n) is 2.50. The summed E-state index contributed by atoms with van der Waals surface area (Å²) in [6.45, 7) is 4.54. The van der Waals surface area contributed by atoms with E-state index in [4.69, 9.17) is 0 Å². The van der Waals surface area contributed by atoms with Crippen LogP contribution in [0.2, 0.25) is 0 Å². The highest BCUT2D eigenvalue weighted by Crippen LogP contribution is 2.25. The number of urea groups is 1. The standard InChI is InChI=1S/C17H19N5O2/c1-3-8-18-16(23)20-12-6-4-11(5-7-12)13-9-14-15(19-10(13)2)22-17(24)21-14/h4-7,9H,3,8H2,1-2H3,(H2,18,20,23)(H2,19,21,22,24). The minimum absolute atomic E-state index is 0.214. The number of anilines is 1. The fraction of sp³-hybridized carbons (Fsp3) is 0.235. The number of aryl methyl sites for hydroxylation is 1. The lowest BCUT2D eigenvalue weighted by Gasteiger charge is -2.09. The van der Waals surface area contributed by atoms with Crippen LogP contribution in [0.4, 0.5) is 10.5 Å². The first-order valence-electron chi connectivity index (χ1n) is 7.81. The zero-order chi connectivity index (χ0) is 17.1. The maximum absolute atomic E-state index is 11.7. The Hall–Kier alpha value is -3.09. The number of hydrogen-bond donors (Lipinski definition) is 4. The van der Waals surface area contributed by atoms with E-state index in [9.17, 15) is 9.59 Å². The molecule has 0 saturated carbocycles. The van der Waals surface area contributed by atoms with Crippen LogP contribution < -0.4 is 16.3 Å². The molecule has 1 aromatic carbocycles. The van der Waals surface area contributed by atoms with Crippen molar-refractivity contribution in [3.8, 4) is 11.1 Å². The lowest BCUT2D eigenvalue weighted by atomic mass is 10.0. The van der Waals surface area contributed by atoms with E-state index in [-0.39, 0.29) is 11.7 Å². The second-order valence-electron chi connectivity index (χ2n) is 5.55. The molecule has 0 atom stereocenters. The number of rotatable bonds is 4. The summed E-state index contributed by atoms with van der Waals surface area (Å²) >= 11 is 0. The number of aromatic nitrogens is 3. The van der Waals surface area contributed by atoms with Crippen LogP contribution in [0.25, 0.3) is 22.3 Å². The number of benzene rings is 1. The summed E-state index contributed by atoms with van der Waals surface area (Å²) in [5, 5.41) is 5.55. The Morgan fingerprint density at radius 1 is 1.21 bits per heavy atom. The van der Waals surface area contributed by atoms with Gasteiger partial charge in [0.25, 0.3) is 0 Å². The van der Waals surface area contributed by atoms with Gasteiger partial charge in [-0.1, -0.05) is 19.1 Å². The minimum atomic E-state index is -0.272. The van der Waals surface area contributed by atoms with E-state index in [1.54, 1.807) is 0 Å². The third-order valence-corrected chi connectivity index (χ3v) is 3.68. The van der Waals surface area contributed by atoms with Crippen LogP contribution in [0.1, 0.15) is 19.0 Å². The van der Waals surface area contributed by atoms with Crippen molar-refractivity contribution < 1.29 is 4.79 Å². The quantitative estimate of drug-likeness (QED) is 0.593. The lowest BCUT2D eigenvalue weighted by Crippen LogP contribution is -2.29. The van der Waals surface area contributed by atoms with E-state index in [1.165, 1.54) is 0 Å². The second kappa shape index (κ2) is 6.57. The largest absolute Gasteiger partial charge is 0.338 e. The zero-order valence-electron chi connectivity index (χ0n) is 13.6. The van der Waals surface area contributed by atoms with Crippen molar-refractivity contribution in [2.45, 2.75) is 20.3 Å². The van der Waals surface area contributed by atoms with Gasteiger partial charge in [0.1, 0.15) is 0 Å². The Kier molecular flexibility index (Phi) is 4.33. The fourth-order valence-corrected chi connectivity index (χ4v) is 2.50. The topological polar surface area (TPSA) is 103 Å². The van der Waals surface area contributed by atoms with Crippen LogP contribution in [0.15, 0.2) is 35.1 Å². The molecule has 0 aliphatic carbocycles. The zero-order valence-corrected chi connectivity index (χ0v) is 13.6. The molecule has 4 N–H and O–H groups in total. The van der Waals surface area contributed by atoms with Crippen LogP contribution in [0.5, 0.6) is 0 Å². The lowest BCUT2D eigenvalue weighted by molar-refractivity contribution is 0.252. The van der Waals surface area contributed by atoms with Gasteiger partial charge in [0.2, 0.25) is 0 Å². The van der Waals surface area contributed by atoms with Gasteiger partial charge >= 0.3 is 11.7 Å². The molecule has 7 heteroatoms. The molecule has 0 unspecified atom stereocenters. The molecule has 0 spiro atoms. The summed E-state index contributed by atoms with van der Waals surface area (Å²) in [5.41, 5.74) is 4.37. The van der Waals surface area contributed by atoms with E-state index in [2.05, 4.69) is 25.6 Å². The predicted molar refractivity (Wildman–Crippen MR) is 94.2 cm³/mol. The molecule has 3 aromatic rings. The van der Waals surface area contributed by atoms with E-state index >= 15 is 0 Å². The smallest absolute Gasteiger partial charge is 0.325 e. The number of carbonyl (C=O) groups is 1. The van der Waals surface area contributed by atoms with Gasteiger partial charge in [-0.25, -0.2) is 14.6 Å². The van der Waals surface area contributed by atoms with Crippen molar-refractivity contribution in [1.82, 2.24) is 20.3 Å². The summed E-state index contributed by atoms with van der Waals surface area (Å²) in [6, 6.07) is 9.18. The van der Waals surface area contributed by atoms with Gasteiger partial charge < -0.3 is 15.6 Å². The van der Waals surface area contributed by atoms with Gasteiger partial charge in [0.05, 0.1) is 5.52 Å². The molecule has 24 heavy (non-hydrogen) atoms. The number of H-pyrrole nitrogens is 2. The van der Waals surface area contributed by atoms with Crippen molar-refractivity contribution in [1.29, 1.82) is 0 Å². The first kappa shape index (κ1) is 15.8. The Balaban J connectivity index is 1.84. The summed E-state index contributed by atoms with van der Waals surface area (Å²) in [5.74, 6) is 0. The van der Waals surface area contributed by atoms with E-state index in [0.717, 1.165) is 23.2 Å². The maximum atomic E-state index is 11.7. The summed E-state index contributed by atoms with van der Waals surface area (Å²) < 4.78 is 0. The average Bonchev–Trinajstić information content (AvgIpc) is 2.92. The number of hydrogen-bond acceptors (Lipinski definition) is 3. The number of amides is 2. The highest BCUT2D eigenvalue weighted by molar-refractivity contribution is 5.89. The van der Waals surface area contributed by atoms with Crippen LogP contribution >= 0.6 is 0 Å². The molecular weight excluding hydrogens is 306 g/mol. The average molecular weight is 325 g/mol. The second-order valence-corrected chi connectivity index (χ2v) is 5.55. The third kappa shape index (κ3) is 3.29. The molecule has 2 aromatic heterocycles.